The molecule has 1 aliphatic heterocycles. The van der Waals surface area contributed by atoms with Crippen molar-refractivity contribution in [3.8, 4) is 0 Å². The third kappa shape index (κ3) is 3.96. The van der Waals surface area contributed by atoms with Gasteiger partial charge in [0.25, 0.3) is 0 Å². The van der Waals surface area contributed by atoms with E-state index in [1.165, 1.54) is 0 Å². The number of nitrogens with zero attached hydrogens (tertiary/aromatic N) is 1. The summed E-state index contributed by atoms with van der Waals surface area (Å²) in [5.41, 5.74) is 5.44. The van der Waals surface area contributed by atoms with Crippen molar-refractivity contribution in [1.29, 1.82) is 0 Å². The molecule has 0 bridgehead atoms. The molecular formula is C5H12N2Y-2. The predicted molar refractivity (Wildman–Crippen MR) is 32.1 cm³/mol. The minimum Gasteiger partial charge on any atom is -0.661 e. The molecule has 2 nitrogen and oxygen atoms in total. The summed E-state index contributed by atoms with van der Waals surface area (Å²) in [7, 11) is 0. The normalized spacial score (nSPS) is 25.9. The molecule has 1 fully saturated rings. The van der Waals surface area contributed by atoms with Crippen molar-refractivity contribution < 1.29 is 32.7 Å². The summed E-state index contributed by atoms with van der Waals surface area (Å²) < 4.78 is 0. The molecule has 0 aromatic carbocycles. The minimum atomic E-state index is 0. The van der Waals surface area contributed by atoms with Crippen LogP contribution in [0.3, 0.4) is 0 Å². The van der Waals surface area contributed by atoms with Crippen LogP contribution in [0, 0.1) is 7.43 Å². The zero-order valence-electron chi connectivity index (χ0n) is 5.30. The Bertz CT molecular complexity index is 43.7. The van der Waals surface area contributed by atoms with Gasteiger partial charge in [-0.15, -0.1) is 13.1 Å². The zero-order chi connectivity index (χ0) is 4.41. The number of nitrogens with two attached hydrogens (primary N) is 1. The molecule has 47 valence electrons. The average molecular weight is 189 g/mol. The molecule has 0 aromatic rings. The molecule has 1 rings (SSSR count). The van der Waals surface area contributed by atoms with E-state index in [9.17, 15) is 0 Å². The minimum absolute atomic E-state index is 0. The van der Waals surface area contributed by atoms with E-state index in [2.05, 4.69) is 5.32 Å². The Balaban J connectivity index is 0. The van der Waals surface area contributed by atoms with E-state index in [-0.39, 0.29) is 40.1 Å². The van der Waals surface area contributed by atoms with Gasteiger partial charge in [0.15, 0.2) is 0 Å². The van der Waals surface area contributed by atoms with Crippen LogP contribution in [-0.4, -0.2) is 19.1 Å². The Labute approximate surface area is 76.5 Å². The fourth-order valence-corrected chi connectivity index (χ4v) is 0.606. The predicted octanol–water partition coefficient (Wildman–Crippen LogP) is 0.539. The Morgan fingerprint density at radius 2 is 2.12 bits per heavy atom. The third-order valence-corrected chi connectivity index (χ3v) is 1.02. The molecule has 1 aliphatic rings. The van der Waals surface area contributed by atoms with E-state index in [0.29, 0.717) is 6.04 Å². The Morgan fingerprint density at radius 1 is 1.50 bits per heavy atom. The first kappa shape index (κ1) is 11.8. The second kappa shape index (κ2) is 6.15. The van der Waals surface area contributed by atoms with Gasteiger partial charge in [0.05, 0.1) is 0 Å². The van der Waals surface area contributed by atoms with Gasteiger partial charge in [-0.2, -0.15) is 0 Å². The average Bonchev–Trinajstić information content (AvgIpc) is 1.86. The van der Waals surface area contributed by atoms with Crippen LogP contribution < -0.4 is 5.73 Å². The van der Waals surface area contributed by atoms with E-state index < -0.39 is 0 Å². The molecule has 1 atom stereocenters. The van der Waals surface area contributed by atoms with Crippen LogP contribution in [-0.2, 0) is 32.7 Å². The van der Waals surface area contributed by atoms with Crippen molar-refractivity contribution in [1.82, 2.24) is 0 Å². The molecular weight excluding hydrogens is 177 g/mol. The molecule has 0 aliphatic carbocycles. The van der Waals surface area contributed by atoms with Crippen LogP contribution in [0.1, 0.15) is 6.42 Å². The third-order valence-electron chi connectivity index (χ3n) is 1.02. The monoisotopic (exact) mass is 189 g/mol. The summed E-state index contributed by atoms with van der Waals surface area (Å²) in [4.78, 5) is 0. The van der Waals surface area contributed by atoms with Crippen LogP contribution in [0.15, 0.2) is 0 Å². The Hall–Kier alpha value is 1.02. The summed E-state index contributed by atoms with van der Waals surface area (Å²) in [6, 6.07) is 0.380. The summed E-state index contributed by atoms with van der Waals surface area (Å²) >= 11 is 0. The van der Waals surface area contributed by atoms with E-state index in [1.54, 1.807) is 0 Å². The summed E-state index contributed by atoms with van der Waals surface area (Å²) in [6.07, 6.45) is 1.10. The SMILES string of the molecule is NC1CC[N-]C1.[CH3-].[Y]. The first-order valence-corrected chi connectivity index (χ1v) is 2.28. The van der Waals surface area contributed by atoms with Gasteiger partial charge in [-0.1, -0.05) is 6.42 Å². The molecule has 1 radical (unpaired) electrons. The molecule has 1 heterocycles. The van der Waals surface area contributed by atoms with Gasteiger partial charge >= 0.3 is 0 Å². The fraction of sp³-hybridized carbons (Fsp3) is 0.800. The quantitative estimate of drug-likeness (QED) is 0.555. The standard InChI is InChI=1S/C4H9N2.CH3.Y/c5-4-1-2-6-3-4;;/h4H,1-3,5H2;1H3;/q2*-1;. The summed E-state index contributed by atoms with van der Waals surface area (Å²) in [5, 5.41) is 4.04. The van der Waals surface area contributed by atoms with Crippen molar-refractivity contribution in [2.24, 2.45) is 5.73 Å². The number of hydrogen-bond donors (Lipinski definition) is 1. The van der Waals surface area contributed by atoms with Crippen LogP contribution >= 0.6 is 0 Å². The van der Waals surface area contributed by atoms with Crippen LogP contribution in [0.25, 0.3) is 5.32 Å². The van der Waals surface area contributed by atoms with Crippen molar-refractivity contribution in [2.75, 3.05) is 13.1 Å². The maximum Gasteiger partial charge on any atom is 0 e. The van der Waals surface area contributed by atoms with Gasteiger partial charge in [0.2, 0.25) is 0 Å². The maximum atomic E-state index is 5.44. The smallest absolute Gasteiger partial charge is 0 e. The van der Waals surface area contributed by atoms with Crippen molar-refractivity contribution in [2.45, 2.75) is 12.5 Å². The van der Waals surface area contributed by atoms with E-state index in [0.717, 1.165) is 19.5 Å². The molecule has 0 aromatic heterocycles. The van der Waals surface area contributed by atoms with Crippen molar-refractivity contribution in [3.05, 3.63) is 12.7 Å². The van der Waals surface area contributed by atoms with Gasteiger partial charge < -0.3 is 18.5 Å². The van der Waals surface area contributed by atoms with E-state index in [1.807, 2.05) is 0 Å². The van der Waals surface area contributed by atoms with Gasteiger partial charge in [0.1, 0.15) is 0 Å². The molecule has 1 saturated heterocycles. The van der Waals surface area contributed by atoms with Crippen LogP contribution in [0.5, 0.6) is 0 Å². The van der Waals surface area contributed by atoms with Crippen LogP contribution in [0.4, 0.5) is 0 Å². The largest absolute Gasteiger partial charge is 0.661 e. The molecule has 2 N–H and O–H groups in total. The summed E-state index contributed by atoms with van der Waals surface area (Å²) in [6.45, 7) is 1.88. The van der Waals surface area contributed by atoms with Gasteiger partial charge in [-0.3, -0.25) is 0 Å². The van der Waals surface area contributed by atoms with Gasteiger partial charge in [-0.05, 0) is 6.04 Å². The van der Waals surface area contributed by atoms with Gasteiger partial charge in [0, 0.05) is 32.7 Å². The Morgan fingerprint density at radius 3 is 2.25 bits per heavy atom. The maximum absolute atomic E-state index is 5.44. The molecule has 1 unspecified atom stereocenters. The molecule has 3 heteroatoms. The first-order chi connectivity index (χ1) is 2.89. The van der Waals surface area contributed by atoms with Crippen molar-refractivity contribution in [3.63, 3.8) is 0 Å². The Kier molecular flexibility index (Phi) is 9.05. The topological polar surface area (TPSA) is 40.1 Å². The van der Waals surface area contributed by atoms with Gasteiger partial charge in [-0.25, -0.2) is 0 Å². The fourth-order valence-electron chi connectivity index (χ4n) is 0.606. The van der Waals surface area contributed by atoms with Crippen molar-refractivity contribution >= 4 is 0 Å². The molecule has 0 spiro atoms. The van der Waals surface area contributed by atoms with E-state index >= 15 is 0 Å². The van der Waals surface area contributed by atoms with E-state index in [4.69, 9.17) is 5.73 Å². The number of hydrogen-bond acceptors (Lipinski definition) is 1. The summed E-state index contributed by atoms with van der Waals surface area (Å²) in [5.74, 6) is 0. The number of rotatable bonds is 0. The first-order valence-electron chi connectivity index (χ1n) is 2.28. The molecule has 0 saturated carbocycles. The molecule has 8 heavy (non-hydrogen) atoms. The zero-order valence-corrected chi connectivity index (χ0v) is 8.14. The second-order valence-electron chi connectivity index (χ2n) is 1.68. The van der Waals surface area contributed by atoms with Crippen LogP contribution in [0.2, 0.25) is 0 Å². The second-order valence-corrected chi connectivity index (χ2v) is 1.68. The molecule has 0 amide bonds.